The van der Waals surface area contributed by atoms with E-state index < -0.39 is 6.04 Å². The van der Waals surface area contributed by atoms with E-state index in [9.17, 15) is 0 Å². The molecule has 12 heavy (non-hydrogen) atoms. The first-order valence-electron chi connectivity index (χ1n) is 3.32. The molecule has 1 aromatic rings. The van der Waals surface area contributed by atoms with Gasteiger partial charge in [0, 0.05) is 11.8 Å². The van der Waals surface area contributed by atoms with Crippen LogP contribution in [0.2, 0.25) is 10.2 Å². The standard InChI is InChI=1S/C7H8Cl2N2O/c8-5-1-7(9)11-2-4(5)6(10)3-12/h1-2,6,12H,3,10H2/t6-/m1/s1. The molecule has 0 unspecified atom stereocenters. The minimum absolute atomic E-state index is 0.164. The van der Waals surface area contributed by atoms with Crippen LogP contribution in [-0.4, -0.2) is 16.7 Å². The van der Waals surface area contributed by atoms with Crippen LogP contribution in [0.25, 0.3) is 0 Å². The highest BCUT2D eigenvalue weighted by Gasteiger charge is 2.09. The van der Waals surface area contributed by atoms with E-state index in [4.69, 9.17) is 34.0 Å². The number of hydrogen-bond donors (Lipinski definition) is 2. The van der Waals surface area contributed by atoms with Crippen LogP contribution >= 0.6 is 23.2 Å². The summed E-state index contributed by atoms with van der Waals surface area (Å²) in [5, 5.41) is 9.48. The zero-order valence-corrected chi connectivity index (χ0v) is 7.68. The maximum atomic E-state index is 8.74. The lowest BCUT2D eigenvalue weighted by atomic mass is 10.1. The minimum atomic E-state index is -0.498. The van der Waals surface area contributed by atoms with Gasteiger partial charge in [0.15, 0.2) is 0 Å². The third-order valence-corrected chi connectivity index (χ3v) is 1.98. The topological polar surface area (TPSA) is 59.1 Å². The Labute approximate surface area is 80.1 Å². The van der Waals surface area contributed by atoms with Crippen LogP contribution in [0.3, 0.4) is 0 Å². The first kappa shape index (κ1) is 9.74. The van der Waals surface area contributed by atoms with E-state index in [2.05, 4.69) is 4.98 Å². The molecule has 0 bridgehead atoms. The Bertz CT molecular complexity index is 280. The maximum Gasteiger partial charge on any atom is 0.130 e. The second kappa shape index (κ2) is 4.05. The van der Waals surface area contributed by atoms with Crippen molar-refractivity contribution < 1.29 is 5.11 Å². The molecule has 0 saturated heterocycles. The molecule has 1 heterocycles. The lowest BCUT2D eigenvalue weighted by molar-refractivity contribution is 0.268. The molecule has 0 radical (unpaired) electrons. The number of aliphatic hydroxyl groups is 1. The molecule has 0 aromatic carbocycles. The molecule has 0 aliphatic rings. The van der Waals surface area contributed by atoms with Gasteiger partial charge in [0.2, 0.25) is 0 Å². The second-order valence-electron chi connectivity index (χ2n) is 2.32. The van der Waals surface area contributed by atoms with Gasteiger partial charge in [0.05, 0.1) is 17.7 Å². The summed E-state index contributed by atoms with van der Waals surface area (Å²) in [6.45, 7) is -0.164. The summed E-state index contributed by atoms with van der Waals surface area (Å²) >= 11 is 11.4. The molecule has 0 aliphatic carbocycles. The molecule has 1 aromatic heterocycles. The average Bonchev–Trinajstić information content (AvgIpc) is 2.03. The fourth-order valence-corrected chi connectivity index (χ4v) is 1.30. The van der Waals surface area contributed by atoms with E-state index in [0.29, 0.717) is 15.7 Å². The number of nitrogens with zero attached hydrogens (tertiary/aromatic N) is 1. The summed E-state index contributed by atoms with van der Waals surface area (Å²) in [4.78, 5) is 3.80. The van der Waals surface area contributed by atoms with Crippen LogP contribution < -0.4 is 5.73 Å². The Kier molecular flexibility index (Phi) is 3.29. The second-order valence-corrected chi connectivity index (χ2v) is 3.11. The van der Waals surface area contributed by atoms with Gasteiger partial charge in [-0.3, -0.25) is 0 Å². The predicted octanol–water partition coefficient (Wildman–Crippen LogP) is 1.38. The van der Waals surface area contributed by atoms with Gasteiger partial charge in [0.1, 0.15) is 5.15 Å². The molecule has 0 spiro atoms. The molecular formula is C7H8Cl2N2O. The number of hydrogen-bond acceptors (Lipinski definition) is 3. The Balaban J connectivity index is 3.01. The smallest absolute Gasteiger partial charge is 0.130 e. The van der Waals surface area contributed by atoms with Crippen LogP contribution in [0.5, 0.6) is 0 Å². The molecular weight excluding hydrogens is 199 g/mol. The monoisotopic (exact) mass is 206 g/mol. The maximum absolute atomic E-state index is 8.74. The van der Waals surface area contributed by atoms with Gasteiger partial charge in [-0.25, -0.2) is 4.98 Å². The van der Waals surface area contributed by atoms with Crippen molar-refractivity contribution in [2.75, 3.05) is 6.61 Å². The first-order valence-corrected chi connectivity index (χ1v) is 4.08. The summed E-state index contributed by atoms with van der Waals surface area (Å²) in [7, 11) is 0. The zero-order chi connectivity index (χ0) is 9.14. The van der Waals surface area contributed by atoms with Gasteiger partial charge in [-0.05, 0) is 6.07 Å². The van der Waals surface area contributed by atoms with Crippen molar-refractivity contribution in [3.63, 3.8) is 0 Å². The Morgan fingerprint density at radius 1 is 1.58 bits per heavy atom. The average molecular weight is 207 g/mol. The molecule has 1 rings (SSSR count). The van der Waals surface area contributed by atoms with Crippen molar-refractivity contribution in [3.05, 3.63) is 28.0 Å². The summed E-state index contributed by atoms with van der Waals surface area (Å²) in [5.41, 5.74) is 6.13. The Morgan fingerprint density at radius 3 is 2.75 bits per heavy atom. The number of aromatic nitrogens is 1. The van der Waals surface area contributed by atoms with Gasteiger partial charge >= 0.3 is 0 Å². The minimum Gasteiger partial charge on any atom is -0.394 e. The summed E-state index contributed by atoms with van der Waals surface area (Å²) in [6.07, 6.45) is 1.46. The Hall–Kier alpha value is -0.350. The number of rotatable bonds is 2. The van der Waals surface area contributed by atoms with Crippen molar-refractivity contribution in [2.24, 2.45) is 5.73 Å². The highest BCUT2D eigenvalue weighted by atomic mass is 35.5. The largest absolute Gasteiger partial charge is 0.394 e. The number of halogens is 2. The number of pyridine rings is 1. The zero-order valence-electron chi connectivity index (χ0n) is 6.17. The van der Waals surface area contributed by atoms with Gasteiger partial charge in [-0.15, -0.1) is 0 Å². The van der Waals surface area contributed by atoms with Crippen molar-refractivity contribution >= 4 is 23.2 Å². The van der Waals surface area contributed by atoms with E-state index in [0.717, 1.165) is 0 Å². The van der Waals surface area contributed by atoms with Crippen LogP contribution in [-0.2, 0) is 0 Å². The SMILES string of the molecule is N[C@H](CO)c1cnc(Cl)cc1Cl. The van der Waals surface area contributed by atoms with E-state index in [1.807, 2.05) is 0 Å². The van der Waals surface area contributed by atoms with Crippen LogP contribution in [0.4, 0.5) is 0 Å². The lowest BCUT2D eigenvalue weighted by Crippen LogP contribution is -2.15. The van der Waals surface area contributed by atoms with Gasteiger partial charge in [-0.1, -0.05) is 23.2 Å². The summed E-state index contributed by atoms with van der Waals surface area (Å²) in [6, 6.07) is 0.996. The lowest BCUT2D eigenvalue weighted by Gasteiger charge is -2.09. The van der Waals surface area contributed by atoms with Crippen molar-refractivity contribution in [3.8, 4) is 0 Å². The van der Waals surface area contributed by atoms with E-state index in [1.54, 1.807) is 0 Å². The quantitative estimate of drug-likeness (QED) is 0.720. The van der Waals surface area contributed by atoms with Crippen molar-refractivity contribution in [1.82, 2.24) is 4.98 Å². The van der Waals surface area contributed by atoms with Crippen molar-refractivity contribution in [1.29, 1.82) is 0 Å². The molecule has 0 amide bonds. The van der Waals surface area contributed by atoms with Crippen LogP contribution in [0, 0.1) is 0 Å². The van der Waals surface area contributed by atoms with Gasteiger partial charge < -0.3 is 10.8 Å². The third-order valence-electron chi connectivity index (χ3n) is 1.44. The van der Waals surface area contributed by atoms with Gasteiger partial charge in [0.25, 0.3) is 0 Å². The van der Waals surface area contributed by atoms with Crippen LogP contribution in [0.1, 0.15) is 11.6 Å². The fraction of sp³-hybridized carbons (Fsp3) is 0.286. The summed E-state index contributed by atoms with van der Waals surface area (Å²) < 4.78 is 0. The summed E-state index contributed by atoms with van der Waals surface area (Å²) in [5.74, 6) is 0. The number of nitrogens with two attached hydrogens (primary N) is 1. The molecule has 66 valence electrons. The van der Waals surface area contributed by atoms with Gasteiger partial charge in [-0.2, -0.15) is 0 Å². The van der Waals surface area contributed by atoms with Crippen LogP contribution in [0.15, 0.2) is 12.3 Å². The molecule has 5 heteroatoms. The first-order chi connectivity index (χ1) is 5.65. The number of aliphatic hydroxyl groups excluding tert-OH is 1. The molecule has 0 saturated carbocycles. The van der Waals surface area contributed by atoms with E-state index >= 15 is 0 Å². The molecule has 0 aliphatic heterocycles. The fourth-order valence-electron chi connectivity index (χ4n) is 0.789. The molecule has 3 N–H and O–H groups in total. The molecule has 3 nitrogen and oxygen atoms in total. The molecule has 0 fully saturated rings. The molecule has 1 atom stereocenters. The third kappa shape index (κ3) is 2.08. The highest BCUT2D eigenvalue weighted by molar-refractivity contribution is 6.34. The van der Waals surface area contributed by atoms with E-state index in [1.165, 1.54) is 12.3 Å². The highest BCUT2D eigenvalue weighted by Crippen LogP contribution is 2.22. The van der Waals surface area contributed by atoms with E-state index in [-0.39, 0.29) is 6.61 Å². The Morgan fingerprint density at radius 2 is 2.25 bits per heavy atom. The van der Waals surface area contributed by atoms with Crippen molar-refractivity contribution in [2.45, 2.75) is 6.04 Å². The normalized spacial score (nSPS) is 13.0. The predicted molar refractivity (Wildman–Crippen MR) is 48.3 cm³/mol.